The van der Waals surface area contributed by atoms with E-state index in [4.69, 9.17) is 5.73 Å². The van der Waals surface area contributed by atoms with Gasteiger partial charge >= 0.3 is 0 Å². The minimum absolute atomic E-state index is 0.0783. The first kappa shape index (κ1) is 13.6. The average molecular weight is 242 g/mol. The molecule has 0 bridgehead atoms. The van der Waals surface area contributed by atoms with Crippen molar-refractivity contribution in [2.45, 2.75) is 12.8 Å². The predicted octanol–water partition coefficient (Wildman–Crippen LogP) is 1.31. The Labute approximate surface area is 99.2 Å². The quantitative estimate of drug-likeness (QED) is 0.846. The van der Waals surface area contributed by atoms with Crippen molar-refractivity contribution < 1.29 is 13.6 Å². The number of hydrogen-bond acceptors (Lipinski definition) is 2. The molecule has 1 amide bonds. The van der Waals surface area contributed by atoms with Crippen LogP contribution in [0.4, 0.5) is 8.78 Å². The maximum atomic E-state index is 13.3. The number of hydrogen-bond donors (Lipinski definition) is 1. The number of carbonyl (C=O) groups excluding carboxylic acids is 1. The summed E-state index contributed by atoms with van der Waals surface area (Å²) in [5.74, 6) is -2.13. The molecule has 1 aromatic rings. The molecule has 0 unspecified atom stereocenters. The zero-order chi connectivity index (χ0) is 12.8. The van der Waals surface area contributed by atoms with Crippen molar-refractivity contribution in [1.82, 2.24) is 4.90 Å². The summed E-state index contributed by atoms with van der Waals surface area (Å²) in [5.41, 5.74) is 5.40. The number of amides is 1. The van der Waals surface area contributed by atoms with Gasteiger partial charge in [0, 0.05) is 19.2 Å². The van der Waals surface area contributed by atoms with Gasteiger partial charge in [0.1, 0.15) is 0 Å². The molecule has 1 rings (SSSR count). The van der Waals surface area contributed by atoms with Crippen LogP contribution in [0.3, 0.4) is 0 Å². The Bertz CT molecular complexity index is 396. The number of nitrogens with zero attached hydrogens (tertiary/aromatic N) is 1. The molecule has 0 fully saturated rings. The fourth-order valence-corrected chi connectivity index (χ4v) is 1.44. The molecule has 3 nitrogen and oxygen atoms in total. The molecule has 0 spiro atoms. The van der Waals surface area contributed by atoms with E-state index in [1.54, 1.807) is 7.05 Å². The lowest BCUT2D eigenvalue weighted by Gasteiger charge is -2.16. The van der Waals surface area contributed by atoms with Crippen molar-refractivity contribution in [2.75, 3.05) is 20.1 Å². The van der Waals surface area contributed by atoms with Gasteiger partial charge in [-0.1, -0.05) is 12.1 Å². The number of likely N-dealkylation sites (N-methyl/N-ethyl adjacent to an activating group) is 1. The molecule has 0 aliphatic rings. The largest absolute Gasteiger partial charge is 0.345 e. The topological polar surface area (TPSA) is 46.3 Å². The van der Waals surface area contributed by atoms with Gasteiger partial charge in [-0.25, -0.2) is 8.78 Å². The number of rotatable bonds is 5. The van der Waals surface area contributed by atoms with E-state index in [2.05, 4.69) is 0 Å². The Morgan fingerprint density at radius 1 is 1.41 bits per heavy atom. The second kappa shape index (κ2) is 6.30. The molecule has 1 aromatic carbocycles. The Morgan fingerprint density at radius 2 is 2.12 bits per heavy atom. The molecule has 0 atom stereocenters. The average Bonchev–Trinajstić information content (AvgIpc) is 2.31. The molecule has 0 saturated heterocycles. The van der Waals surface area contributed by atoms with E-state index < -0.39 is 11.6 Å². The van der Waals surface area contributed by atoms with Crippen molar-refractivity contribution in [3.05, 3.63) is 35.4 Å². The lowest BCUT2D eigenvalue weighted by atomic mass is 10.1. The fourth-order valence-electron chi connectivity index (χ4n) is 1.44. The lowest BCUT2D eigenvalue weighted by Crippen LogP contribution is -2.30. The second-order valence-electron chi connectivity index (χ2n) is 3.85. The van der Waals surface area contributed by atoms with Crippen LogP contribution in [0.1, 0.15) is 12.0 Å². The van der Waals surface area contributed by atoms with Crippen LogP contribution in [-0.2, 0) is 11.2 Å². The van der Waals surface area contributed by atoms with Crippen molar-refractivity contribution in [3.8, 4) is 0 Å². The Hall–Kier alpha value is -1.49. The summed E-state index contributed by atoms with van der Waals surface area (Å²) in [6.07, 6.45) is 0.554. The summed E-state index contributed by atoms with van der Waals surface area (Å²) < 4.78 is 26.2. The van der Waals surface area contributed by atoms with Crippen LogP contribution < -0.4 is 5.73 Å². The molecule has 0 aliphatic heterocycles. The van der Waals surface area contributed by atoms with Crippen molar-refractivity contribution in [3.63, 3.8) is 0 Å². The van der Waals surface area contributed by atoms with E-state index >= 15 is 0 Å². The summed E-state index contributed by atoms with van der Waals surface area (Å²) in [6, 6.07) is 3.83. The maximum absolute atomic E-state index is 13.3. The standard InChI is InChI=1S/C12H16F2N2O/c1-16(7-3-6-15)11(17)8-9-4-2-5-10(13)12(9)14/h2,4-5H,3,6-8,15H2,1H3. The van der Waals surface area contributed by atoms with Crippen LogP contribution in [0.5, 0.6) is 0 Å². The minimum atomic E-state index is -0.951. The second-order valence-corrected chi connectivity index (χ2v) is 3.85. The van der Waals surface area contributed by atoms with E-state index in [0.29, 0.717) is 19.5 Å². The molecule has 0 aromatic heterocycles. The van der Waals surface area contributed by atoms with Crippen LogP contribution >= 0.6 is 0 Å². The highest BCUT2D eigenvalue weighted by atomic mass is 19.2. The minimum Gasteiger partial charge on any atom is -0.345 e. The monoisotopic (exact) mass is 242 g/mol. The van der Waals surface area contributed by atoms with Gasteiger partial charge in [-0.2, -0.15) is 0 Å². The van der Waals surface area contributed by atoms with E-state index in [0.717, 1.165) is 6.07 Å². The van der Waals surface area contributed by atoms with Gasteiger partial charge < -0.3 is 10.6 Å². The van der Waals surface area contributed by atoms with E-state index in [1.165, 1.54) is 17.0 Å². The summed E-state index contributed by atoms with van der Waals surface area (Å²) in [5, 5.41) is 0. The van der Waals surface area contributed by atoms with E-state index in [9.17, 15) is 13.6 Å². The number of benzene rings is 1. The number of halogens is 2. The third-order valence-electron chi connectivity index (χ3n) is 2.50. The summed E-state index contributed by atoms with van der Waals surface area (Å²) in [4.78, 5) is 13.1. The highest BCUT2D eigenvalue weighted by Crippen LogP contribution is 2.12. The summed E-state index contributed by atoms with van der Waals surface area (Å²) in [7, 11) is 1.62. The zero-order valence-corrected chi connectivity index (χ0v) is 9.75. The van der Waals surface area contributed by atoms with Gasteiger partial charge in [0.15, 0.2) is 11.6 Å². The van der Waals surface area contributed by atoms with E-state index in [1.807, 2.05) is 0 Å². The molecule has 17 heavy (non-hydrogen) atoms. The van der Waals surface area contributed by atoms with Gasteiger partial charge in [0.2, 0.25) is 5.91 Å². The van der Waals surface area contributed by atoms with Gasteiger partial charge in [-0.15, -0.1) is 0 Å². The Balaban J connectivity index is 2.64. The number of nitrogens with two attached hydrogens (primary N) is 1. The molecular formula is C12H16F2N2O. The van der Waals surface area contributed by atoms with Crippen LogP contribution in [0.2, 0.25) is 0 Å². The van der Waals surface area contributed by atoms with Crippen LogP contribution in [0.25, 0.3) is 0 Å². The zero-order valence-electron chi connectivity index (χ0n) is 9.75. The Kier molecular flexibility index (Phi) is 5.03. The van der Waals surface area contributed by atoms with Gasteiger partial charge in [-0.3, -0.25) is 4.79 Å². The van der Waals surface area contributed by atoms with Gasteiger partial charge in [-0.05, 0) is 19.0 Å². The van der Waals surface area contributed by atoms with Crippen LogP contribution in [0, 0.1) is 11.6 Å². The first-order valence-corrected chi connectivity index (χ1v) is 5.43. The predicted molar refractivity (Wildman–Crippen MR) is 61.4 cm³/mol. The molecule has 5 heteroatoms. The number of carbonyl (C=O) groups is 1. The maximum Gasteiger partial charge on any atom is 0.226 e. The van der Waals surface area contributed by atoms with Gasteiger partial charge in [0.05, 0.1) is 6.42 Å². The highest BCUT2D eigenvalue weighted by Gasteiger charge is 2.14. The van der Waals surface area contributed by atoms with Gasteiger partial charge in [0.25, 0.3) is 0 Å². The van der Waals surface area contributed by atoms with E-state index in [-0.39, 0.29) is 17.9 Å². The summed E-state index contributed by atoms with van der Waals surface area (Å²) >= 11 is 0. The highest BCUT2D eigenvalue weighted by molar-refractivity contribution is 5.78. The fraction of sp³-hybridized carbons (Fsp3) is 0.417. The lowest BCUT2D eigenvalue weighted by molar-refractivity contribution is -0.129. The normalized spacial score (nSPS) is 10.4. The van der Waals surface area contributed by atoms with Crippen molar-refractivity contribution >= 4 is 5.91 Å². The molecule has 0 aliphatic carbocycles. The van der Waals surface area contributed by atoms with Crippen LogP contribution in [-0.4, -0.2) is 30.9 Å². The molecular weight excluding hydrogens is 226 g/mol. The molecule has 2 N–H and O–H groups in total. The molecule has 0 heterocycles. The van der Waals surface area contributed by atoms with Crippen LogP contribution in [0.15, 0.2) is 18.2 Å². The third kappa shape index (κ3) is 3.78. The third-order valence-corrected chi connectivity index (χ3v) is 2.50. The Morgan fingerprint density at radius 3 is 2.76 bits per heavy atom. The molecule has 94 valence electrons. The summed E-state index contributed by atoms with van der Waals surface area (Å²) in [6.45, 7) is 1.01. The first-order valence-electron chi connectivity index (χ1n) is 5.43. The molecule has 0 radical (unpaired) electrons. The SMILES string of the molecule is CN(CCCN)C(=O)Cc1cccc(F)c1F. The van der Waals surface area contributed by atoms with Crippen molar-refractivity contribution in [1.29, 1.82) is 0 Å². The first-order chi connectivity index (χ1) is 8.06. The molecule has 0 saturated carbocycles. The van der Waals surface area contributed by atoms with Crippen molar-refractivity contribution in [2.24, 2.45) is 5.73 Å². The smallest absolute Gasteiger partial charge is 0.226 e.